The maximum absolute atomic E-state index is 12.5. The van der Waals surface area contributed by atoms with Crippen LogP contribution < -0.4 is 5.69 Å². The second-order valence-electron chi connectivity index (χ2n) is 4.04. The summed E-state index contributed by atoms with van der Waals surface area (Å²) in [5, 5.41) is 0. The highest BCUT2D eigenvalue weighted by molar-refractivity contribution is 5.95. The van der Waals surface area contributed by atoms with Gasteiger partial charge >= 0.3 is 11.9 Å². The Bertz CT molecular complexity index is 678. The van der Waals surface area contributed by atoms with Gasteiger partial charge in [0.15, 0.2) is 5.78 Å². The molecular formula is C13H9F3N2O2. The van der Waals surface area contributed by atoms with Gasteiger partial charge < -0.3 is 0 Å². The van der Waals surface area contributed by atoms with Gasteiger partial charge in [-0.3, -0.25) is 9.36 Å². The number of benzene rings is 1. The zero-order valence-corrected chi connectivity index (χ0v) is 10.1. The Labute approximate surface area is 111 Å². The fraction of sp³-hybridized carbons (Fsp3) is 0.154. The predicted octanol–water partition coefficient (Wildman–Crippen LogP) is 2.14. The lowest BCUT2D eigenvalue weighted by Crippen LogP contribution is -2.27. The van der Waals surface area contributed by atoms with E-state index < -0.39 is 29.8 Å². The van der Waals surface area contributed by atoms with Gasteiger partial charge in [-0.05, 0) is 0 Å². The largest absolute Gasteiger partial charge is 0.419 e. The van der Waals surface area contributed by atoms with Crippen molar-refractivity contribution in [3.05, 3.63) is 64.3 Å². The van der Waals surface area contributed by atoms with Crippen molar-refractivity contribution < 1.29 is 18.0 Å². The maximum atomic E-state index is 12.5. The third kappa shape index (κ3) is 3.11. The molecule has 1 heterocycles. The van der Waals surface area contributed by atoms with Gasteiger partial charge in [0.05, 0.1) is 12.1 Å². The van der Waals surface area contributed by atoms with Crippen molar-refractivity contribution in [3.8, 4) is 0 Å². The molecule has 0 saturated heterocycles. The second kappa shape index (κ2) is 5.28. The Morgan fingerprint density at radius 1 is 1.20 bits per heavy atom. The fourth-order valence-electron chi connectivity index (χ4n) is 1.59. The smallest absolute Gasteiger partial charge is 0.292 e. The lowest BCUT2D eigenvalue weighted by molar-refractivity contribution is -0.138. The van der Waals surface area contributed by atoms with Crippen LogP contribution in [0.1, 0.15) is 15.9 Å². The van der Waals surface area contributed by atoms with E-state index in [1.807, 2.05) is 0 Å². The molecule has 1 aromatic carbocycles. The SMILES string of the molecule is O=C(Cn1cc(C(F)(F)F)cnc1=O)c1ccccc1. The number of Topliss-reactive ketones (excluding diaryl/α,β-unsaturated/α-hetero) is 1. The summed E-state index contributed by atoms with van der Waals surface area (Å²) in [7, 11) is 0. The molecule has 0 fully saturated rings. The third-order valence-corrected chi connectivity index (χ3v) is 2.59. The van der Waals surface area contributed by atoms with E-state index in [2.05, 4.69) is 4.98 Å². The van der Waals surface area contributed by atoms with Crippen molar-refractivity contribution in [1.29, 1.82) is 0 Å². The molecule has 0 spiro atoms. The number of halogens is 3. The zero-order valence-electron chi connectivity index (χ0n) is 10.1. The molecule has 0 radical (unpaired) electrons. The van der Waals surface area contributed by atoms with Crippen molar-refractivity contribution in [3.63, 3.8) is 0 Å². The number of carbonyl (C=O) groups is 1. The number of hydrogen-bond donors (Lipinski definition) is 0. The molecule has 0 N–H and O–H groups in total. The molecule has 20 heavy (non-hydrogen) atoms. The van der Waals surface area contributed by atoms with Crippen molar-refractivity contribution in [2.75, 3.05) is 0 Å². The van der Waals surface area contributed by atoms with Gasteiger partial charge in [0, 0.05) is 18.0 Å². The van der Waals surface area contributed by atoms with Crippen LogP contribution in [0.15, 0.2) is 47.5 Å². The third-order valence-electron chi connectivity index (χ3n) is 2.59. The van der Waals surface area contributed by atoms with Crippen LogP contribution in [0.5, 0.6) is 0 Å². The molecule has 4 nitrogen and oxygen atoms in total. The average Bonchev–Trinajstić information content (AvgIpc) is 2.41. The van der Waals surface area contributed by atoms with E-state index >= 15 is 0 Å². The van der Waals surface area contributed by atoms with E-state index in [0.29, 0.717) is 22.5 Å². The zero-order chi connectivity index (χ0) is 14.8. The Kier molecular flexibility index (Phi) is 3.69. The summed E-state index contributed by atoms with van der Waals surface area (Å²) in [4.78, 5) is 26.4. The molecule has 0 amide bonds. The minimum absolute atomic E-state index is 0.316. The number of nitrogens with zero attached hydrogens (tertiary/aromatic N) is 2. The lowest BCUT2D eigenvalue weighted by atomic mass is 10.1. The summed E-state index contributed by atoms with van der Waals surface area (Å²) in [6.07, 6.45) is -3.57. The average molecular weight is 282 g/mol. The highest BCUT2D eigenvalue weighted by Crippen LogP contribution is 2.27. The maximum Gasteiger partial charge on any atom is 0.419 e. The van der Waals surface area contributed by atoms with Gasteiger partial charge in [-0.2, -0.15) is 13.2 Å². The monoisotopic (exact) mass is 282 g/mol. The van der Waals surface area contributed by atoms with E-state index in [0.717, 1.165) is 0 Å². The number of ketones is 1. The summed E-state index contributed by atoms with van der Waals surface area (Å²) in [5.74, 6) is -0.464. The molecule has 1 aromatic heterocycles. The molecule has 2 aromatic rings. The van der Waals surface area contributed by atoms with Crippen molar-refractivity contribution in [1.82, 2.24) is 9.55 Å². The molecule has 0 aliphatic rings. The van der Waals surface area contributed by atoms with Gasteiger partial charge in [-0.1, -0.05) is 30.3 Å². The molecule has 0 atom stereocenters. The summed E-state index contributed by atoms with van der Waals surface area (Å²) >= 11 is 0. The quantitative estimate of drug-likeness (QED) is 0.810. The number of aromatic nitrogens is 2. The van der Waals surface area contributed by atoms with Crippen molar-refractivity contribution in [2.24, 2.45) is 0 Å². The number of alkyl halides is 3. The van der Waals surface area contributed by atoms with Crippen LogP contribution in [0.25, 0.3) is 0 Å². The fourth-order valence-corrected chi connectivity index (χ4v) is 1.59. The van der Waals surface area contributed by atoms with Gasteiger partial charge in [0.25, 0.3) is 0 Å². The van der Waals surface area contributed by atoms with Crippen LogP contribution >= 0.6 is 0 Å². The van der Waals surface area contributed by atoms with E-state index in [-0.39, 0.29) is 0 Å². The van der Waals surface area contributed by atoms with Crippen molar-refractivity contribution >= 4 is 5.78 Å². The minimum Gasteiger partial charge on any atom is -0.292 e. The number of carbonyl (C=O) groups excluding carboxylic acids is 1. The Morgan fingerprint density at radius 3 is 2.45 bits per heavy atom. The summed E-state index contributed by atoms with van der Waals surface area (Å²) < 4.78 is 38.2. The first-order chi connectivity index (χ1) is 9.38. The number of rotatable bonds is 3. The predicted molar refractivity (Wildman–Crippen MR) is 64.3 cm³/mol. The van der Waals surface area contributed by atoms with Crippen LogP contribution in [0.4, 0.5) is 13.2 Å². The van der Waals surface area contributed by atoms with E-state index in [9.17, 15) is 22.8 Å². The Morgan fingerprint density at radius 2 is 1.85 bits per heavy atom. The van der Waals surface area contributed by atoms with E-state index in [1.54, 1.807) is 18.2 Å². The molecule has 0 aliphatic heterocycles. The first kappa shape index (κ1) is 14.0. The number of hydrogen-bond acceptors (Lipinski definition) is 3. The summed E-state index contributed by atoms with van der Waals surface area (Å²) in [6, 6.07) is 8.00. The highest BCUT2D eigenvalue weighted by atomic mass is 19.4. The first-order valence-corrected chi connectivity index (χ1v) is 5.60. The van der Waals surface area contributed by atoms with Crippen LogP contribution in [-0.4, -0.2) is 15.3 Å². The molecule has 2 rings (SSSR count). The summed E-state index contributed by atoms with van der Waals surface area (Å²) in [5.41, 5.74) is -1.66. The molecule has 0 bridgehead atoms. The standard InChI is InChI=1S/C13H9F3N2O2/c14-13(15,16)10-6-17-12(20)18(7-10)8-11(19)9-4-2-1-3-5-9/h1-7H,8H2. The molecule has 7 heteroatoms. The Hall–Kier alpha value is -2.44. The van der Waals surface area contributed by atoms with Crippen LogP contribution in [0, 0.1) is 0 Å². The van der Waals surface area contributed by atoms with Crippen molar-refractivity contribution in [2.45, 2.75) is 12.7 Å². The molecule has 0 aliphatic carbocycles. The normalized spacial score (nSPS) is 11.3. The van der Waals surface area contributed by atoms with Gasteiger partial charge in [-0.25, -0.2) is 9.78 Å². The van der Waals surface area contributed by atoms with Gasteiger partial charge in [0.1, 0.15) is 0 Å². The van der Waals surface area contributed by atoms with Crippen LogP contribution in [-0.2, 0) is 12.7 Å². The molecule has 0 saturated carbocycles. The lowest BCUT2D eigenvalue weighted by Gasteiger charge is -2.09. The molecule has 0 unspecified atom stereocenters. The van der Waals surface area contributed by atoms with E-state index in [1.165, 1.54) is 12.1 Å². The van der Waals surface area contributed by atoms with Gasteiger partial charge in [-0.15, -0.1) is 0 Å². The Balaban J connectivity index is 2.30. The van der Waals surface area contributed by atoms with Crippen LogP contribution in [0.3, 0.4) is 0 Å². The second-order valence-corrected chi connectivity index (χ2v) is 4.04. The topological polar surface area (TPSA) is 52.0 Å². The highest BCUT2D eigenvalue weighted by Gasteiger charge is 2.31. The van der Waals surface area contributed by atoms with Crippen LogP contribution in [0.2, 0.25) is 0 Å². The van der Waals surface area contributed by atoms with E-state index in [4.69, 9.17) is 0 Å². The van der Waals surface area contributed by atoms with Gasteiger partial charge in [0.2, 0.25) is 0 Å². The molecular weight excluding hydrogens is 273 g/mol. The minimum atomic E-state index is -4.61. The molecule has 104 valence electrons. The first-order valence-electron chi connectivity index (χ1n) is 5.60. The summed E-state index contributed by atoms with van der Waals surface area (Å²) in [6.45, 7) is -0.486.